The van der Waals surface area contributed by atoms with Gasteiger partial charge in [-0.25, -0.2) is 4.79 Å². The SMILES string of the molecule is C=CC(=O)Nc1cc(Cl)c(Br)cc1C(=O)OC. The minimum atomic E-state index is -0.568. The summed E-state index contributed by atoms with van der Waals surface area (Å²) in [6.45, 7) is 3.32. The zero-order valence-electron chi connectivity index (χ0n) is 8.92. The summed E-state index contributed by atoms with van der Waals surface area (Å²) in [6, 6.07) is 2.94. The molecule has 0 heterocycles. The summed E-state index contributed by atoms with van der Waals surface area (Å²) in [7, 11) is 1.25. The molecule has 0 unspecified atom stereocenters. The molecule has 0 radical (unpaired) electrons. The standard InChI is InChI=1S/C11H9BrClNO3/c1-3-10(15)14-9-5-8(13)7(12)4-6(9)11(16)17-2/h3-5H,1H2,2H3,(H,14,15). The zero-order chi connectivity index (χ0) is 13.0. The average Bonchev–Trinajstić information content (AvgIpc) is 2.32. The monoisotopic (exact) mass is 317 g/mol. The van der Waals surface area contributed by atoms with E-state index in [0.29, 0.717) is 9.50 Å². The molecule has 0 bridgehead atoms. The molecule has 1 aromatic carbocycles. The van der Waals surface area contributed by atoms with Crippen LogP contribution < -0.4 is 5.32 Å². The largest absolute Gasteiger partial charge is 0.465 e. The third-order valence-electron chi connectivity index (χ3n) is 1.91. The molecular weight excluding hydrogens is 309 g/mol. The van der Waals surface area contributed by atoms with Gasteiger partial charge in [0.15, 0.2) is 0 Å². The first-order valence-electron chi connectivity index (χ1n) is 4.50. The van der Waals surface area contributed by atoms with Gasteiger partial charge in [-0.15, -0.1) is 0 Å². The van der Waals surface area contributed by atoms with Crippen LogP contribution in [0.4, 0.5) is 5.69 Å². The normalized spacial score (nSPS) is 9.59. The van der Waals surface area contributed by atoms with Crippen LogP contribution in [-0.2, 0) is 9.53 Å². The highest BCUT2D eigenvalue weighted by Crippen LogP contribution is 2.29. The molecule has 90 valence electrons. The van der Waals surface area contributed by atoms with Crippen LogP contribution in [-0.4, -0.2) is 19.0 Å². The van der Waals surface area contributed by atoms with Crippen molar-refractivity contribution in [2.24, 2.45) is 0 Å². The number of rotatable bonds is 3. The van der Waals surface area contributed by atoms with Crippen LogP contribution in [0.3, 0.4) is 0 Å². The third kappa shape index (κ3) is 3.31. The second-order valence-electron chi connectivity index (χ2n) is 3.00. The van der Waals surface area contributed by atoms with Crippen LogP contribution in [0.15, 0.2) is 29.3 Å². The summed E-state index contributed by atoms with van der Waals surface area (Å²) in [4.78, 5) is 22.7. The van der Waals surface area contributed by atoms with Crippen LogP contribution in [0.5, 0.6) is 0 Å². The topological polar surface area (TPSA) is 55.4 Å². The van der Waals surface area contributed by atoms with Crippen LogP contribution in [0.1, 0.15) is 10.4 Å². The molecule has 0 spiro atoms. The Labute approximate surface area is 112 Å². The molecule has 0 fully saturated rings. The summed E-state index contributed by atoms with van der Waals surface area (Å²) in [5.74, 6) is -1.00. The van der Waals surface area contributed by atoms with E-state index in [2.05, 4.69) is 32.6 Å². The lowest BCUT2D eigenvalue weighted by atomic mass is 10.1. The predicted molar refractivity (Wildman–Crippen MR) is 69.3 cm³/mol. The second kappa shape index (κ2) is 5.84. The predicted octanol–water partition coefficient (Wildman–Crippen LogP) is 3.01. The number of esters is 1. The van der Waals surface area contributed by atoms with Gasteiger partial charge in [0.25, 0.3) is 0 Å². The van der Waals surface area contributed by atoms with Crippen LogP contribution in [0.2, 0.25) is 5.02 Å². The number of ether oxygens (including phenoxy) is 1. The minimum Gasteiger partial charge on any atom is -0.465 e. The molecule has 1 aromatic rings. The number of hydrogen-bond acceptors (Lipinski definition) is 3. The number of methoxy groups -OCH3 is 1. The Bertz CT molecular complexity index is 488. The maximum atomic E-state index is 11.5. The van der Waals surface area contributed by atoms with Crippen molar-refractivity contribution in [1.82, 2.24) is 0 Å². The maximum absolute atomic E-state index is 11.5. The van der Waals surface area contributed by atoms with Gasteiger partial charge >= 0.3 is 5.97 Å². The number of carbonyl (C=O) groups is 2. The Morgan fingerprint density at radius 2 is 2.18 bits per heavy atom. The molecule has 0 aromatic heterocycles. The van der Waals surface area contributed by atoms with Crippen molar-refractivity contribution in [1.29, 1.82) is 0 Å². The van der Waals surface area contributed by atoms with E-state index in [1.165, 1.54) is 19.2 Å². The van der Waals surface area contributed by atoms with Gasteiger partial charge in [-0.2, -0.15) is 0 Å². The van der Waals surface area contributed by atoms with Crippen molar-refractivity contribution in [3.05, 3.63) is 39.8 Å². The maximum Gasteiger partial charge on any atom is 0.340 e. The van der Waals surface area contributed by atoms with Crippen molar-refractivity contribution < 1.29 is 14.3 Å². The van der Waals surface area contributed by atoms with E-state index >= 15 is 0 Å². The lowest BCUT2D eigenvalue weighted by Gasteiger charge is -2.10. The highest BCUT2D eigenvalue weighted by Gasteiger charge is 2.15. The fourth-order valence-electron chi connectivity index (χ4n) is 1.11. The summed E-state index contributed by atoms with van der Waals surface area (Å²) in [5.41, 5.74) is 0.480. The number of amides is 1. The third-order valence-corrected chi connectivity index (χ3v) is 3.11. The second-order valence-corrected chi connectivity index (χ2v) is 4.26. The molecule has 0 aliphatic carbocycles. The van der Waals surface area contributed by atoms with Crippen molar-refractivity contribution in [3.8, 4) is 0 Å². The molecule has 1 N–H and O–H groups in total. The van der Waals surface area contributed by atoms with Crippen molar-refractivity contribution in [2.75, 3.05) is 12.4 Å². The van der Waals surface area contributed by atoms with E-state index < -0.39 is 11.9 Å². The van der Waals surface area contributed by atoms with E-state index in [1.807, 2.05) is 0 Å². The van der Waals surface area contributed by atoms with Gasteiger partial charge in [-0.05, 0) is 34.1 Å². The van der Waals surface area contributed by atoms with Gasteiger partial charge in [0.2, 0.25) is 5.91 Å². The zero-order valence-corrected chi connectivity index (χ0v) is 11.3. The summed E-state index contributed by atoms with van der Waals surface area (Å²) in [5, 5.41) is 2.85. The lowest BCUT2D eigenvalue weighted by molar-refractivity contribution is -0.111. The number of halogens is 2. The molecule has 0 aliphatic heterocycles. The van der Waals surface area contributed by atoms with Crippen molar-refractivity contribution in [2.45, 2.75) is 0 Å². The first-order valence-corrected chi connectivity index (χ1v) is 5.67. The average molecular weight is 319 g/mol. The highest BCUT2D eigenvalue weighted by molar-refractivity contribution is 9.10. The smallest absolute Gasteiger partial charge is 0.340 e. The molecule has 0 atom stereocenters. The first-order chi connectivity index (χ1) is 7.99. The Hall–Kier alpha value is -1.33. The minimum absolute atomic E-state index is 0.207. The first kappa shape index (κ1) is 13.7. The number of hydrogen-bond donors (Lipinski definition) is 1. The van der Waals surface area contributed by atoms with Crippen molar-refractivity contribution in [3.63, 3.8) is 0 Å². The van der Waals surface area contributed by atoms with Crippen LogP contribution in [0, 0.1) is 0 Å². The Morgan fingerprint density at radius 3 is 2.71 bits per heavy atom. The molecule has 0 aliphatic rings. The number of benzene rings is 1. The lowest BCUT2D eigenvalue weighted by Crippen LogP contribution is -2.13. The molecule has 6 heteroatoms. The molecular formula is C11H9BrClNO3. The Balaban J connectivity index is 3.25. The number of anilines is 1. The summed E-state index contributed by atoms with van der Waals surface area (Å²) < 4.78 is 5.15. The van der Waals surface area contributed by atoms with E-state index in [4.69, 9.17) is 11.6 Å². The van der Waals surface area contributed by atoms with Gasteiger partial charge in [0.1, 0.15) is 0 Å². The number of carbonyl (C=O) groups excluding carboxylic acids is 2. The molecule has 0 saturated carbocycles. The quantitative estimate of drug-likeness (QED) is 0.688. The van der Waals surface area contributed by atoms with E-state index in [1.54, 1.807) is 0 Å². The Kier molecular flexibility index (Phi) is 4.72. The van der Waals surface area contributed by atoms with E-state index in [9.17, 15) is 9.59 Å². The van der Waals surface area contributed by atoms with Gasteiger partial charge in [-0.3, -0.25) is 4.79 Å². The van der Waals surface area contributed by atoms with Crippen LogP contribution in [0.25, 0.3) is 0 Å². The van der Waals surface area contributed by atoms with Crippen LogP contribution >= 0.6 is 27.5 Å². The van der Waals surface area contributed by atoms with Gasteiger partial charge in [0, 0.05) is 4.47 Å². The summed E-state index contributed by atoms with van der Waals surface area (Å²) >= 11 is 9.07. The fourth-order valence-corrected chi connectivity index (χ4v) is 1.62. The molecule has 1 amide bonds. The number of nitrogens with one attached hydrogen (secondary N) is 1. The molecule has 0 saturated heterocycles. The fraction of sp³-hybridized carbons (Fsp3) is 0.0909. The Morgan fingerprint density at radius 1 is 1.53 bits per heavy atom. The van der Waals surface area contributed by atoms with Gasteiger partial charge in [-0.1, -0.05) is 18.2 Å². The molecule has 4 nitrogen and oxygen atoms in total. The van der Waals surface area contributed by atoms with Crippen molar-refractivity contribution >= 4 is 45.1 Å². The molecule has 1 rings (SSSR count). The molecule has 17 heavy (non-hydrogen) atoms. The highest BCUT2D eigenvalue weighted by atomic mass is 79.9. The van der Waals surface area contributed by atoms with Gasteiger partial charge < -0.3 is 10.1 Å². The van der Waals surface area contributed by atoms with E-state index in [-0.39, 0.29) is 11.3 Å². The van der Waals surface area contributed by atoms with E-state index in [0.717, 1.165) is 6.08 Å². The van der Waals surface area contributed by atoms with Gasteiger partial charge in [0.05, 0.1) is 23.4 Å². The summed E-state index contributed by atoms with van der Waals surface area (Å²) in [6.07, 6.45) is 1.09.